The molecule has 2 aromatic rings. The van der Waals surface area contributed by atoms with E-state index in [4.69, 9.17) is 23.2 Å². The minimum atomic E-state index is -0.299. The number of halogens is 3. The molecule has 1 aromatic carbocycles. The molecule has 2 rings (SSSR count). The number of amides is 1. The van der Waals surface area contributed by atoms with Gasteiger partial charge in [-0.05, 0) is 24.1 Å². The molecule has 0 fully saturated rings. The highest BCUT2D eigenvalue weighted by Crippen LogP contribution is 2.27. The molecule has 1 heterocycles. The van der Waals surface area contributed by atoms with E-state index in [0.29, 0.717) is 22.2 Å². The molecule has 1 aromatic heterocycles. The molecule has 0 radical (unpaired) electrons. The number of pyridine rings is 1. The van der Waals surface area contributed by atoms with E-state index < -0.39 is 0 Å². The van der Waals surface area contributed by atoms with Crippen molar-refractivity contribution in [3.63, 3.8) is 0 Å². The Morgan fingerprint density at radius 3 is 2.38 bits per heavy atom. The molecule has 0 aliphatic carbocycles. The molecule has 110 valence electrons. The van der Waals surface area contributed by atoms with Crippen molar-refractivity contribution in [3.05, 3.63) is 58.1 Å². The molecule has 0 aliphatic rings. The Morgan fingerprint density at radius 1 is 1.14 bits per heavy atom. The van der Waals surface area contributed by atoms with Crippen LogP contribution < -0.4 is 10.9 Å². The minimum absolute atomic E-state index is 0.233. The maximum atomic E-state index is 12.8. The predicted molar refractivity (Wildman–Crippen MR) is 80.7 cm³/mol. The highest BCUT2D eigenvalue weighted by atomic mass is 35.5. The molecule has 0 aliphatic heterocycles. The maximum absolute atomic E-state index is 12.8. The van der Waals surface area contributed by atoms with Gasteiger partial charge in [-0.3, -0.25) is 20.6 Å². The summed E-state index contributed by atoms with van der Waals surface area (Å²) in [6, 6.07) is 6.02. The first kappa shape index (κ1) is 15.5. The Bertz CT molecular complexity index is 614. The van der Waals surface area contributed by atoms with E-state index in [2.05, 4.69) is 15.8 Å². The number of nitrogens with zero attached hydrogens (tertiary/aromatic N) is 1. The molecule has 0 saturated carbocycles. The van der Waals surface area contributed by atoms with E-state index in [9.17, 15) is 9.18 Å². The minimum Gasteiger partial charge on any atom is -0.295 e. The van der Waals surface area contributed by atoms with Crippen molar-refractivity contribution in [1.82, 2.24) is 10.4 Å². The van der Waals surface area contributed by atoms with E-state index in [1.165, 1.54) is 24.5 Å². The van der Waals surface area contributed by atoms with Crippen LogP contribution in [0, 0.1) is 5.82 Å². The zero-order valence-corrected chi connectivity index (χ0v) is 12.4. The number of aryl methyl sites for hydroxylation is 1. The third-order valence-corrected chi connectivity index (χ3v) is 3.31. The smallest absolute Gasteiger partial charge is 0.238 e. The molecule has 0 spiro atoms. The fourth-order valence-electron chi connectivity index (χ4n) is 1.63. The van der Waals surface area contributed by atoms with Gasteiger partial charge in [0.25, 0.3) is 0 Å². The molecule has 0 bridgehead atoms. The number of carbonyl (C=O) groups excluding carboxylic acids is 1. The highest BCUT2D eigenvalue weighted by Gasteiger charge is 2.07. The quantitative estimate of drug-likeness (QED) is 0.825. The Hall–Kier alpha value is -1.85. The van der Waals surface area contributed by atoms with Crippen molar-refractivity contribution >= 4 is 34.8 Å². The van der Waals surface area contributed by atoms with Crippen molar-refractivity contribution in [2.75, 3.05) is 5.43 Å². The number of hydrogen-bond donors (Lipinski definition) is 2. The fourth-order valence-corrected chi connectivity index (χ4v) is 2.09. The fraction of sp³-hybridized carbons (Fsp3) is 0.143. The molecular weight excluding hydrogens is 316 g/mol. The average molecular weight is 328 g/mol. The number of hydrogen-bond acceptors (Lipinski definition) is 3. The van der Waals surface area contributed by atoms with Gasteiger partial charge in [-0.15, -0.1) is 0 Å². The molecular formula is C14H12Cl2FN3O. The number of nitrogens with one attached hydrogen (secondary N) is 2. The number of benzene rings is 1. The number of aromatic nitrogens is 1. The van der Waals surface area contributed by atoms with Crippen LogP contribution in [0.15, 0.2) is 36.7 Å². The topological polar surface area (TPSA) is 54.0 Å². The summed E-state index contributed by atoms with van der Waals surface area (Å²) in [5.41, 5.74) is 6.44. The SMILES string of the molecule is O=C(CCc1ccc(F)cc1)NNc1c(Cl)cncc1Cl. The van der Waals surface area contributed by atoms with Gasteiger partial charge in [0.2, 0.25) is 5.91 Å². The molecule has 1 amide bonds. The molecule has 4 nitrogen and oxygen atoms in total. The zero-order chi connectivity index (χ0) is 15.2. The lowest BCUT2D eigenvalue weighted by atomic mass is 10.1. The summed E-state index contributed by atoms with van der Waals surface area (Å²) in [5.74, 6) is -0.532. The Balaban J connectivity index is 1.84. The zero-order valence-electron chi connectivity index (χ0n) is 10.9. The molecule has 0 unspecified atom stereocenters. The van der Waals surface area contributed by atoms with Gasteiger partial charge in [0, 0.05) is 18.8 Å². The van der Waals surface area contributed by atoms with Gasteiger partial charge in [-0.25, -0.2) is 4.39 Å². The summed E-state index contributed by atoms with van der Waals surface area (Å²) < 4.78 is 12.8. The van der Waals surface area contributed by atoms with Crippen LogP contribution in [0.3, 0.4) is 0 Å². The number of rotatable bonds is 5. The van der Waals surface area contributed by atoms with Gasteiger partial charge in [-0.1, -0.05) is 35.3 Å². The van der Waals surface area contributed by atoms with Gasteiger partial charge < -0.3 is 0 Å². The highest BCUT2D eigenvalue weighted by molar-refractivity contribution is 6.38. The van der Waals surface area contributed by atoms with E-state index in [1.807, 2.05) is 0 Å². The Labute approximate surface area is 131 Å². The van der Waals surface area contributed by atoms with Crippen molar-refractivity contribution in [3.8, 4) is 0 Å². The van der Waals surface area contributed by atoms with Crippen LogP contribution in [0.5, 0.6) is 0 Å². The Morgan fingerprint density at radius 2 is 1.76 bits per heavy atom. The first-order chi connectivity index (χ1) is 10.1. The second-order valence-corrected chi connectivity index (χ2v) is 5.09. The van der Waals surface area contributed by atoms with E-state index >= 15 is 0 Å². The third-order valence-electron chi connectivity index (χ3n) is 2.73. The summed E-state index contributed by atoms with van der Waals surface area (Å²) in [7, 11) is 0. The lowest BCUT2D eigenvalue weighted by Crippen LogP contribution is -2.29. The van der Waals surface area contributed by atoms with Gasteiger partial charge in [0.1, 0.15) is 5.82 Å². The van der Waals surface area contributed by atoms with Crippen molar-refractivity contribution in [1.29, 1.82) is 0 Å². The number of anilines is 1. The maximum Gasteiger partial charge on any atom is 0.238 e. The number of hydrazine groups is 1. The standard InChI is InChI=1S/C14H12Cl2FN3O/c15-11-7-18-8-12(16)14(11)20-19-13(21)6-3-9-1-4-10(17)5-2-9/h1-2,4-5,7-8H,3,6H2,(H,18,20)(H,19,21). The van der Waals surface area contributed by atoms with Crippen LogP contribution in [0.2, 0.25) is 10.0 Å². The summed E-state index contributed by atoms with van der Waals surface area (Å²) in [6.07, 6.45) is 3.59. The average Bonchev–Trinajstić information content (AvgIpc) is 2.46. The third kappa shape index (κ3) is 4.58. The summed E-state index contributed by atoms with van der Waals surface area (Å²) >= 11 is 11.8. The largest absolute Gasteiger partial charge is 0.295 e. The van der Waals surface area contributed by atoms with E-state index in [0.717, 1.165) is 5.56 Å². The van der Waals surface area contributed by atoms with Gasteiger partial charge in [0.05, 0.1) is 15.7 Å². The van der Waals surface area contributed by atoms with Gasteiger partial charge in [0.15, 0.2) is 0 Å². The van der Waals surface area contributed by atoms with Crippen LogP contribution in [0.4, 0.5) is 10.1 Å². The molecule has 7 heteroatoms. The van der Waals surface area contributed by atoms with Crippen LogP contribution in [0.25, 0.3) is 0 Å². The monoisotopic (exact) mass is 327 g/mol. The van der Waals surface area contributed by atoms with Gasteiger partial charge >= 0.3 is 0 Å². The van der Waals surface area contributed by atoms with Crippen LogP contribution in [0.1, 0.15) is 12.0 Å². The second-order valence-electron chi connectivity index (χ2n) is 4.28. The first-order valence-electron chi connectivity index (χ1n) is 6.14. The number of carbonyl (C=O) groups is 1. The van der Waals surface area contributed by atoms with Crippen LogP contribution in [-0.2, 0) is 11.2 Å². The Kier molecular flexibility index (Phi) is 5.36. The summed E-state index contributed by atoms with van der Waals surface area (Å²) in [6.45, 7) is 0. The normalized spacial score (nSPS) is 10.2. The van der Waals surface area contributed by atoms with Crippen molar-refractivity contribution < 1.29 is 9.18 Å². The van der Waals surface area contributed by atoms with E-state index in [-0.39, 0.29) is 18.1 Å². The molecule has 0 saturated heterocycles. The summed E-state index contributed by atoms with van der Waals surface area (Å²) in [4.78, 5) is 15.5. The second kappa shape index (κ2) is 7.24. The van der Waals surface area contributed by atoms with Crippen molar-refractivity contribution in [2.24, 2.45) is 0 Å². The predicted octanol–water partition coefficient (Wildman–Crippen LogP) is 3.60. The molecule has 21 heavy (non-hydrogen) atoms. The first-order valence-corrected chi connectivity index (χ1v) is 6.90. The van der Waals surface area contributed by atoms with Gasteiger partial charge in [-0.2, -0.15) is 0 Å². The molecule has 0 atom stereocenters. The molecule has 2 N–H and O–H groups in total. The van der Waals surface area contributed by atoms with Crippen molar-refractivity contribution in [2.45, 2.75) is 12.8 Å². The lowest BCUT2D eigenvalue weighted by Gasteiger charge is -2.11. The lowest BCUT2D eigenvalue weighted by molar-refractivity contribution is -0.120. The van der Waals surface area contributed by atoms with Crippen LogP contribution in [-0.4, -0.2) is 10.9 Å². The van der Waals surface area contributed by atoms with E-state index in [1.54, 1.807) is 12.1 Å². The summed E-state index contributed by atoms with van der Waals surface area (Å²) in [5, 5.41) is 0.614. The van der Waals surface area contributed by atoms with Crippen LogP contribution >= 0.6 is 23.2 Å².